The number of aromatic hydroxyl groups is 1. The molecule has 0 aliphatic rings. The van der Waals surface area contributed by atoms with E-state index in [1.807, 2.05) is 72.9 Å². The van der Waals surface area contributed by atoms with Crippen LogP contribution in [0.3, 0.4) is 0 Å². The maximum absolute atomic E-state index is 12.7. The molecule has 0 radical (unpaired) electrons. The molecule has 38 heavy (non-hydrogen) atoms. The predicted molar refractivity (Wildman–Crippen MR) is 147 cm³/mol. The summed E-state index contributed by atoms with van der Waals surface area (Å²) in [4.78, 5) is 24.5. The minimum Gasteiger partial charge on any atom is -0.508 e. The number of phenolic OH excluding ortho intramolecular Hbond substituents is 1. The highest BCUT2D eigenvalue weighted by Gasteiger charge is 2.20. The number of nitrogens with zero attached hydrogens (tertiary/aromatic N) is 2. The number of hydrogen-bond donors (Lipinski definition) is 3. The zero-order valence-corrected chi connectivity index (χ0v) is 20.4. The van der Waals surface area contributed by atoms with E-state index in [4.69, 9.17) is 5.10 Å². The van der Waals surface area contributed by atoms with Crippen LogP contribution in [0.4, 0.5) is 0 Å². The number of carbonyl (C=O) groups is 2. The SMILES string of the molecule is O=C(/C=C\c1cn(-c2ccccc2)nc1-c1ccc2ccccc2c1)NC(Cc1ccc(O)cc1)C(=O)O. The molecule has 7 heteroatoms. The lowest BCUT2D eigenvalue weighted by molar-refractivity contribution is -0.141. The molecule has 0 saturated carbocycles. The maximum atomic E-state index is 12.7. The van der Waals surface area contributed by atoms with Crippen molar-refractivity contribution < 1.29 is 19.8 Å². The molecule has 188 valence electrons. The maximum Gasteiger partial charge on any atom is 0.326 e. The standard InChI is InChI=1S/C31H25N3O4/c35-27-15-10-21(11-16-27)18-28(31(37)38)32-29(36)17-14-25-20-34(26-8-2-1-3-9-26)33-30(25)24-13-12-22-6-4-5-7-23(22)19-24/h1-17,19-20,28,35H,18H2,(H,32,36)(H,37,38)/b17-14-. The van der Waals surface area contributed by atoms with Crippen LogP contribution in [0.15, 0.2) is 109 Å². The van der Waals surface area contributed by atoms with E-state index in [2.05, 4.69) is 11.4 Å². The van der Waals surface area contributed by atoms with Crippen LogP contribution >= 0.6 is 0 Å². The van der Waals surface area contributed by atoms with Gasteiger partial charge in [-0.05, 0) is 52.7 Å². The number of nitrogens with one attached hydrogen (secondary N) is 1. The number of phenols is 1. The van der Waals surface area contributed by atoms with Crippen molar-refractivity contribution in [3.63, 3.8) is 0 Å². The van der Waals surface area contributed by atoms with Gasteiger partial charge in [0.1, 0.15) is 11.8 Å². The number of hydrogen-bond acceptors (Lipinski definition) is 4. The van der Waals surface area contributed by atoms with Gasteiger partial charge in [-0.3, -0.25) is 4.79 Å². The number of aromatic nitrogens is 2. The Bertz CT molecular complexity index is 1620. The highest BCUT2D eigenvalue weighted by Crippen LogP contribution is 2.28. The molecule has 0 fully saturated rings. The summed E-state index contributed by atoms with van der Waals surface area (Å²) in [7, 11) is 0. The van der Waals surface area contributed by atoms with Crippen LogP contribution in [0.5, 0.6) is 5.75 Å². The first-order valence-electron chi connectivity index (χ1n) is 12.1. The van der Waals surface area contributed by atoms with Crippen LogP contribution < -0.4 is 5.32 Å². The third-order valence-electron chi connectivity index (χ3n) is 6.19. The van der Waals surface area contributed by atoms with Crippen molar-refractivity contribution >= 4 is 28.7 Å². The van der Waals surface area contributed by atoms with Crippen molar-refractivity contribution in [2.24, 2.45) is 0 Å². The van der Waals surface area contributed by atoms with Crippen LogP contribution in [-0.2, 0) is 16.0 Å². The number of benzene rings is 4. The molecule has 0 saturated heterocycles. The Morgan fingerprint density at radius 1 is 0.895 bits per heavy atom. The smallest absolute Gasteiger partial charge is 0.326 e. The predicted octanol–water partition coefficient (Wildman–Crippen LogP) is 5.22. The molecule has 0 spiro atoms. The summed E-state index contributed by atoms with van der Waals surface area (Å²) < 4.78 is 1.76. The lowest BCUT2D eigenvalue weighted by atomic mass is 10.0. The van der Waals surface area contributed by atoms with E-state index in [0.29, 0.717) is 16.8 Å². The van der Waals surface area contributed by atoms with E-state index in [-0.39, 0.29) is 12.2 Å². The third kappa shape index (κ3) is 5.63. The van der Waals surface area contributed by atoms with E-state index in [9.17, 15) is 19.8 Å². The van der Waals surface area contributed by atoms with Gasteiger partial charge in [0.15, 0.2) is 0 Å². The number of para-hydroxylation sites is 1. The fourth-order valence-corrected chi connectivity index (χ4v) is 4.24. The quantitative estimate of drug-likeness (QED) is 0.252. The molecule has 1 atom stereocenters. The van der Waals surface area contributed by atoms with Crippen molar-refractivity contribution in [1.29, 1.82) is 0 Å². The van der Waals surface area contributed by atoms with Crippen molar-refractivity contribution in [1.82, 2.24) is 15.1 Å². The van der Waals surface area contributed by atoms with E-state index < -0.39 is 17.9 Å². The Morgan fingerprint density at radius 3 is 2.34 bits per heavy atom. The molecule has 7 nitrogen and oxygen atoms in total. The monoisotopic (exact) mass is 503 g/mol. The number of carbonyl (C=O) groups excluding carboxylic acids is 1. The molecule has 1 heterocycles. The molecule has 4 aromatic carbocycles. The van der Waals surface area contributed by atoms with E-state index in [0.717, 1.165) is 22.0 Å². The van der Waals surface area contributed by atoms with E-state index >= 15 is 0 Å². The topological polar surface area (TPSA) is 104 Å². The Balaban J connectivity index is 1.43. The van der Waals surface area contributed by atoms with Gasteiger partial charge in [-0.15, -0.1) is 0 Å². The average molecular weight is 504 g/mol. The number of carboxylic acid groups (broad SMARTS) is 1. The number of carboxylic acids is 1. The normalized spacial score (nSPS) is 12.0. The Labute approximate surface area is 219 Å². The minimum absolute atomic E-state index is 0.0868. The van der Waals surface area contributed by atoms with Crippen LogP contribution in [0.1, 0.15) is 11.1 Å². The lowest BCUT2D eigenvalue weighted by Gasteiger charge is -2.13. The molecular formula is C31H25N3O4. The zero-order valence-electron chi connectivity index (χ0n) is 20.4. The van der Waals surface area contributed by atoms with Crippen molar-refractivity contribution in [2.45, 2.75) is 12.5 Å². The van der Waals surface area contributed by atoms with Crippen LogP contribution in [-0.4, -0.2) is 37.9 Å². The van der Waals surface area contributed by atoms with Gasteiger partial charge in [0.2, 0.25) is 5.91 Å². The molecule has 3 N–H and O–H groups in total. The fourth-order valence-electron chi connectivity index (χ4n) is 4.24. The number of amides is 1. The lowest BCUT2D eigenvalue weighted by Crippen LogP contribution is -2.41. The highest BCUT2D eigenvalue weighted by molar-refractivity contribution is 5.95. The van der Waals surface area contributed by atoms with Gasteiger partial charge in [-0.2, -0.15) is 5.10 Å². The van der Waals surface area contributed by atoms with Crippen LogP contribution in [0.25, 0.3) is 33.8 Å². The first-order valence-corrected chi connectivity index (χ1v) is 12.1. The molecule has 5 rings (SSSR count). The van der Waals surface area contributed by atoms with Crippen molar-refractivity contribution in [2.75, 3.05) is 0 Å². The summed E-state index contributed by atoms with van der Waals surface area (Å²) in [5.41, 5.74) is 3.86. The molecule has 1 aromatic heterocycles. The highest BCUT2D eigenvalue weighted by atomic mass is 16.4. The Morgan fingerprint density at radius 2 is 1.61 bits per heavy atom. The second-order valence-corrected chi connectivity index (χ2v) is 8.88. The number of aliphatic carboxylic acids is 1. The largest absolute Gasteiger partial charge is 0.508 e. The molecular weight excluding hydrogens is 478 g/mol. The number of fused-ring (bicyclic) bond motifs is 1. The molecule has 1 amide bonds. The Hall–Kier alpha value is -5.17. The van der Waals surface area contributed by atoms with Gasteiger partial charge < -0.3 is 15.5 Å². The molecule has 0 aliphatic carbocycles. The second-order valence-electron chi connectivity index (χ2n) is 8.88. The first kappa shape index (κ1) is 24.5. The summed E-state index contributed by atoms with van der Waals surface area (Å²) in [5, 5.41) is 28.6. The van der Waals surface area contributed by atoms with Gasteiger partial charge in [0.05, 0.1) is 11.4 Å². The van der Waals surface area contributed by atoms with Gasteiger partial charge >= 0.3 is 5.97 Å². The third-order valence-corrected chi connectivity index (χ3v) is 6.19. The molecule has 0 bridgehead atoms. The molecule has 0 aliphatic heterocycles. The van der Waals surface area contributed by atoms with Crippen LogP contribution in [0, 0.1) is 0 Å². The van der Waals surface area contributed by atoms with Gasteiger partial charge in [0, 0.05) is 29.8 Å². The average Bonchev–Trinajstić information content (AvgIpc) is 3.37. The zero-order chi connectivity index (χ0) is 26.5. The first-order chi connectivity index (χ1) is 18.5. The Kier molecular flexibility index (Phi) is 6.99. The molecule has 1 unspecified atom stereocenters. The second kappa shape index (κ2) is 10.8. The van der Waals surface area contributed by atoms with Crippen molar-refractivity contribution in [3.8, 4) is 22.7 Å². The van der Waals surface area contributed by atoms with E-state index in [1.54, 1.807) is 22.9 Å². The van der Waals surface area contributed by atoms with E-state index in [1.165, 1.54) is 18.2 Å². The summed E-state index contributed by atoms with van der Waals surface area (Å²) in [6.45, 7) is 0. The summed E-state index contributed by atoms with van der Waals surface area (Å²) >= 11 is 0. The van der Waals surface area contributed by atoms with Gasteiger partial charge in [-0.1, -0.05) is 66.7 Å². The fraction of sp³-hybridized carbons (Fsp3) is 0.0645. The summed E-state index contributed by atoms with van der Waals surface area (Å²) in [6.07, 6.45) is 4.90. The number of rotatable bonds is 8. The van der Waals surface area contributed by atoms with Gasteiger partial charge in [-0.25, -0.2) is 9.48 Å². The van der Waals surface area contributed by atoms with Crippen molar-refractivity contribution in [3.05, 3.63) is 120 Å². The minimum atomic E-state index is -1.14. The van der Waals surface area contributed by atoms with Gasteiger partial charge in [0.25, 0.3) is 0 Å². The summed E-state index contributed by atoms with van der Waals surface area (Å²) in [5.74, 6) is -1.59. The molecule has 5 aromatic rings. The summed E-state index contributed by atoms with van der Waals surface area (Å²) in [6, 6.07) is 28.9. The van der Waals surface area contributed by atoms with Crippen LogP contribution in [0.2, 0.25) is 0 Å².